The molecule has 3 aromatic rings. The molecule has 5 heteroatoms. The van der Waals surface area contributed by atoms with Crippen LogP contribution in [0.3, 0.4) is 0 Å². The summed E-state index contributed by atoms with van der Waals surface area (Å²) in [5, 5.41) is 3.39. The van der Waals surface area contributed by atoms with Crippen LogP contribution >= 0.6 is 0 Å². The SMILES string of the molecule is O=C(C1CCC1)N1CCC(Oc2ccc(-c3cncc(Nc4ccccc4)c3)cc2)CC1. The van der Waals surface area contributed by atoms with Crippen LogP contribution in [0.15, 0.2) is 73.1 Å². The summed E-state index contributed by atoms with van der Waals surface area (Å²) in [4.78, 5) is 18.8. The van der Waals surface area contributed by atoms with Crippen molar-refractivity contribution in [1.29, 1.82) is 0 Å². The molecule has 5 rings (SSSR count). The first-order valence-corrected chi connectivity index (χ1v) is 11.6. The third-order valence-corrected chi connectivity index (χ3v) is 6.50. The van der Waals surface area contributed by atoms with E-state index in [4.69, 9.17) is 4.74 Å². The highest BCUT2D eigenvalue weighted by Crippen LogP contribution is 2.30. The van der Waals surface area contributed by atoms with Crippen LogP contribution in [-0.4, -0.2) is 35.0 Å². The van der Waals surface area contributed by atoms with Gasteiger partial charge in [0.2, 0.25) is 5.91 Å². The standard InChI is InChI=1S/C27H29N3O2/c31-27(21-5-4-6-21)30-15-13-26(14-16-30)32-25-11-9-20(10-12-25)22-17-24(19-28-18-22)29-23-7-2-1-3-8-23/h1-3,7-12,17-19,21,26,29H,4-6,13-16H2. The molecule has 5 nitrogen and oxygen atoms in total. The van der Waals surface area contributed by atoms with Crippen LogP contribution < -0.4 is 10.1 Å². The molecule has 0 unspecified atom stereocenters. The first-order chi connectivity index (χ1) is 15.7. The monoisotopic (exact) mass is 427 g/mol. The van der Waals surface area contributed by atoms with E-state index in [9.17, 15) is 4.79 Å². The average molecular weight is 428 g/mol. The second-order valence-electron chi connectivity index (χ2n) is 8.75. The van der Waals surface area contributed by atoms with E-state index in [0.717, 1.165) is 67.0 Å². The summed E-state index contributed by atoms with van der Waals surface area (Å²) in [6, 6.07) is 20.4. The van der Waals surface area contributed by atoms with E-state index in [2.05, 4.69) is 28.5 Å². The molecule has 164 valence electrons. The lowest BCUT2D eigenvalue weighted by Gasteiger charge is -2.36. The number of hydrogen-bond acceptors (Lipinski definition) is 4. The molecular formula is C27H29N3O2. The van der Waals surface area contributed by atoms with Gasteiger partial charge < -0.3 is 15.0 Å². The van der Waals surface area contributed by atoms with Crippen LogP contribution in [0, 0.1) is 5.92 Å². The van der Waals surface area contributed by atoms with Gasteiger partial charge in [-0.3, -0.25) is 9.78 Å². The largest absolute Gasteiger partial charge is 0.490 e. The summed E-state index contributed by atoms with van der Waals surface area (Å²) in [7, 11) is 0. The molecule has 2 aromatic carbocycles. The minimum absolute atomic E-state index is 0.173. The Balaban J connectivity index is 1.17. The van der Waals surface area contributed by atoms with E-state index in [-0.39, 0.29) is 12.0 Å². The van der Waals surface area contributed by atoms with Crippen molar-refractivity contribution >= 4 is 17.3 Å². The third-order valence-electron chi connectivity index (χ3n) is 6.50. The Bertz CT molecular complexity index is 1040. The smallest absolute Gasteiger partial charge is 0.225 e. The van der Waals surface area contributed by atoms with E-state index >= 15 is 0 Å². The number of nitrogens with one attached hydrogen (secondary N) is 1. The Morgan fingerprint density at radius 1 is 0.875 bits per heavy atom. The number of para-hydroxylation sites is 1. The first kappa shape index (κ1) is 20.6. The molecule has 1 N–H and O–H groups in total. The molecule has 0 spiro atoms. The van der Waals surface area contributed by atoms with Crippen molar-refractivity contribution in [2.45, 2.75) is 38.2 Å². The van der Waals surface area contributed by atoms with Gasteiger partial charge in [-0.1, -0.05) is 36.8 Å². The van der Waals surface area contributed by atoms with Gasteiger partial charge in [0.1, 0.15) is 11.9 Å². The van der Waals surface area contributed by atoms with Crippen LogP contribution in [0.2, 0.25) is 0 Å². The topological polar surface area (TPSA) is 54.5 Å². The minimum atomic E-state index is 0.173. The highest BCUT2D eigenvalue weighted by Gasteiger charge is 2.32. The van der Waals surface area contributed by atoms with E-state index in [1.54, 1.807) is 0 Å². The highest BCUT2D eigenvalue weighted by molar-refractivity contribution is 5.79. The molecular weight excluding hydrogens is 398 g/mol. The molecule has 0 radical (unpaired) electrons. The number of ether oxygens (including phenoxy) is 1. The van der Waals surface area contributed by atoms with Gasteiger partial charge in [-0.05, 0) is 48.7 Å². The number of piperidine rings is 1. The number of pyridine rings is 1. The predicted molar refractivity (Wildman–Crippen MR) is 127 cm³/mol. The molecule has 0 atom stereocenters. The lowest BCUT2D eigenvalue weighted by atomic mass is 9.84. The lowest BCUT2D eigenvalue weighted by Crippen LogP contribution is -2.45. The van der Waals surface area contributed by atoms with Gasteiger partial charge in [-0.25, -0.2) is 0 Å². The van der Waals surface area contributed by atoms with E-state index in [1.807, 2.05) is 59.8 Å². The summed E-state index contributed by atoms with van der Waals surface area (Å²) in [6.07, 6.45) is 9.03. The Morgan fingerprint density at radius 2 is 1.62 bits per heavy atom. The van der Waals surface area contributed by atoms with Gasteiger partial charge in [0.25, 0.3) is 0 Å². The zero-order chi connectivity index (χ0) is 21.8. The van der Waals surface area contributed by atoms with Crippen molar-refractivity contribution < 1.29 is 9.53 Å². The number of benzene rings is 2. The molecule has 2 fully saturated rings. The van der Waals surface area contributed by atoms with Gasteiger partial charge in [0, 0.05) is 49.3 Å². The van der Waals surface area contributed by atoms with Crippen molar-refractivity contribution in [3.63, 3.8) is 0 Å². The maximum absolute atomic E-state index is 12.4. The maximum Gasteiger partial charge on any atom is 0.225 e. The minimum Gasteiger partial charge on any atom is -0.490 e. The Kier molecular flexibility index (Phi) is 6.06. The zero-order valence-electron chi connectivity index (χ0n) is 18.2. The Morgan fingerprint density at radius 3 is 2.31 bits per heavy atom. The van der Waals surface area contributed by atoms with Crippen LogP contribution in [-0.2, 0) is 4.79 Å². The van der Waals surface area contributed by atoms with Gasteiger partial charge in [-0.15, -0.1) is 0 Å². The molecule has 1 aliphatic carbocycles. The molecule has 1 aromatic heterocycles. The molecule has 1 saturated carbocycles. The number of hydrogen-bond donors (Lipinski definition) is 1. The number of rotatable bonds is 6. The van der Waals surface area contributed by atoms with Crippen molar-refractivity contribution in [3.8, 4) is 16.9 Å². The molecule has 2 heterocycles. The summed E-state index contributed by atoms with van der Waals surface area (Å²) in [5.74, 6) is 1.52. The van der Waals surface area contributed by atoms with Crippen molar-refractivity contribution in [2.24, 2.45) is 5.92 Å². The number of likely N-dealkylation sites (tertiary alicyclic amines) is 1. The predicted octanol–water partition coefficient (Wildman–Crippen LogP) is 5.66. The zero-order valence-corrected chi connectivity index (χ0v) is 18.2. The number of anilines is 2. The summed E-state index contributed by atoms with van der Waals surface area (Å²) < 4.78 is 6.21. The number of nitrogens with zero attached hydrogens (tertiary/aromatic N) is 2. The number of carbonyl (C=O) groups excluding carboxylic acids is 1. The van der Waals surface area contributed by atoms with E-state index in [0.29, 0.717) is 5.91 Å². The summed E-state index contributed by atoms with van der Waals surface area (Å²) in [5.41, 5.74) is 4.15. The van der Waals surface area contributed by atoms with Gasteiger partial charge in [0.15, 0.2) is 0 Å². The summed E-state index contributed by atoms with van der Waals surface area (Å²) in [6.45, 7) is 1.62. The van der Waals surface area contributed by atoms with Crippen LogP contribution in [0.25, 0.3) is 11.1 Å². The van der Waals surface area contributed by atoms with Crippen molar-refractivity contribution in [2.75, 3.05) is 18.4 Å². The second kappa shape index (κ2) is 9.43. The lowest BCUT2D eigenvalue weighted by molar-refractivity contribution is -0.140. The summed E-state index contributed by atoms with van der Waals surface area (Å²) >= 11 is 0. The molecule has 32 heavy (non-hydrogen) atoms. The van der Waals surface area contributed by atoms with E-state index < -0.39 is 0 Å². The van der Waals surface area contributed by atoms with Crippen LogP contribution in [0.1, 0.15) is 32.1 Å². The van der Waals surface area contributed by atoms with E-state index in [1.165, 1.54) is 6.42 Å². The molecule has 1 amide bonds. The molecule has 0 bridgehead atoms. The Labute approximate surface area is 189 Å². The quantitative estimate of drug-likeness (QED) is 0.551. The number of aromatic nitrogens is 1. The molecule has 2 aliphatic rings. The fourth-order valence-electron chi connectivity index (χ4n) is 4.38. The fraction of sp³-hybridized carbons (Fsp3) is 0.333. The number of amides is 1. The van der Waals surface area contributed by atoms with Gasteiger partial charge in [0.05, 0.1) is 11.9 Å². The van der Waals surface area contributed by atoms with Crippen molar-refractivity contribution in [1.82, 2.24) is 9.88 Å². The normalized spacial score (nSPS) is 16.9. The van der Waals surface area contributed by atoms with Crippen LogP contribution in [0.4, 0.5) is 11.4 Å². The highest BCUT2D eigenvalue weighted by atomic mass is 16.5. The fourth-order valence-corrected chi connectivity index (χ4v) is 4.38. The van der Waals surface area contributed by atoms with Gasteiger partial charge in [-0.2, -0.15) is 0 Å². The Hall–Kier alpha value is -3.34. The third kappa shape index (κ3) is 4.77. The maximum atomic E-state index is 12.4. The number of carbonyl (C=O) groups is 1. The van der Waals surface area contributed by atoms with Gasteiger partial charge >= 0.3 is 0 Å². The molecule has 1 aliphatic heterocycles. The van der Waals surface area contributed by atoms with Crippen LogP contribution in [0.5, 0.6) is 5.75 Å². The average Bonchev–Trinajstić information content (AvgIpc) is 2.80. The molecule has 1 saturated heterocycles. The van der Waals surface area contributed by atoms with Crippen molar-refractivity contribution in [3.05, 3.63) is 73.1 Å². The first-order valence-electron chi connectivity index (χ1n) is 11.6. The second-order valence-corrected chi connectivity index (χ2v) is 8.75.